The lowest BCUT2D eigenvalue weighted by Gasteiger charge is -2.26. The molecule has 0 spiro atoms. The van der Waals surface area contributed by atoms with Gasteiger partial charge in [0.05, 0.1) is 15.7 Å². The van der Waals surface area contributed by atoms with E-state index in [1.165, 1.54) is 11.1 Å². The zero-order valence-corrected chi connectivity index (χ0v) is 12.0. The van der Waals surface area contributed by atoms with Crippen LogP contribution < -0.4 is 5.32 Å². The molecule has 0 amide bonds. The van der Waals surface area contributed by atoms with E-state index in [4.69, 9.17) is 23.2 Å². The highest BCUT2D eigenvalue weighted by atomic mass is 35.5. The van der Waals surface area contributed by atoms with Crippen LogP contribution in [0, 0.1) is 0 Å². The van der Waals surface area contributed by atoms with E-state index in [-0.39, 0.29) is 0 Å². The molecule has 0 aromatic heterocycles. The first kappa shape index (κ1) is 12.8. The summed E-state index contributed by atoms with van der Waals surface area (Å²) >= 11 is 12.3. The predicted octanol–water partition coefficient (Wildman–Crippen LogP) is 4.96. The Hall–Kier alpha value is -1.18. The maximum Gasteiger partial charge on any atom is 0.0823 e. The first-order valence-corrected chi connectivity index (χ1v) is 7.27. The van der Waals surface area contributed by atoms with E-state index >= 15 is 0 Å². The molecule has 0 aliphatic heterocycles. The van der Waals surface area contributed by atoms with Crippen LogP contribution in [-0.2, 0) is 12.8 Å². The molecule has 0 bridgehead atoms. The number of fused-ring (bicyclic) bond motifs is 1. The van der Waals surface area contributed by atoms with Gasteiger partial charge in [-0.2, -0.15) is 0 Å². The largest absolute Gasteiger partial charge is 0.381 e. The minimum Gasteiger partial charge on any atom is -0.381 e. The van der Waals surface area contributed by atoms with Gasteiger partial charge in [0, 0.05) is 6.04 Å². The van der Waals surface area contributed by atoms with Crippen molar-refractivity contribution >= 4 is 28.9 Å². The van der Waals surface area contributed by atoms with Crippen LogP contribution in [0.25, 0.3) is 0 Å². The topological polar surface area (TPSA) is 12.0 Å². The predicted molar refractivity (Wildman–Crippen MR) is 82.3 cm³/mol. The molecular formula is C16H15Cl2N. The Morgan fingerprint density at radius 3 is 2.58 bits per heavy atom. The molecule has 2 aromatic rings. The number of hydrogen-bond donors (Lipinski definition) is 1. The zero-order chi connectivity index (χ0) is 13.2. The van der Waals surface area contributed by atoms with E-state index in [1.54, 1.807) is 0 Å². The molecule has 0 saturated carbocycles. The number of rotatable bonds is 2. The summed E-state index contributed by atoms with van der Waals surface area (Å²) in [4.78, 5) is 0. The minimum absolute atomic E-state index is 0.422. The summed E-state index contributed by atoms with van der Waals surface area (Å²) in [5.41, 5.74) is 3.83. The van der Waals surface area contributed by atoms with E-state index in [9.17, 15) is 0 Å². The van der Waals surface area contributed by atoms with Crippen LogP contribution in [0.1, 0.15) is 17.5 Å². The highest BCUT2D eigenvalue weighted by Crippen LogP contribution is 2.31. The SMILES string of the molecule is Clc1cccc(NC2CCc3ccccc3C2)c1Cl. The van der Waals surface area contributed by atoms with E-state index in [2.05, 4.69) is 29.6 Å². The van der Waals surface area contributed by atoms with Gasteiger partial charge in [-0.3, -0.25) is 0 Å². The average molecular weight is 292 g/mol. The summed E-state index contributed by atoms with van der Waals surface area (Å²) in [6, 6.07) is 14.8. The third-order valence-electron chi connectivity index (χ3n) is 3.66. The van der Waals surface area contributed by atoms with Crippen LogP contribution in [0.3, 0.4) is 0 Å². The van der Waals surface area contributed by atoms with Crippen LogP contribution in [0.5, 0.6) is 0 Å². The Balaban J connectivity index is 1.77. The summed E-state index contributed by atoms with van der Waals surface area (Å²) in [6.45, 7) is 0. The van der Waals surface area contributed by atoms with Gasteiger partial charge in [-0.15, -0.1) is 0 Å². The second-order valence-electron chi connectivity index (χ2n) is 4.95. The smallest absolute Gasteiger partial charge is 0.0823 e. The highest BCUT2D eigenvalue weighted by Gasteiger charge is 2.18. The first-order chi connectivity index (χ1) is 9.24. The molecule has 1 atom stereocenters. The van der Waals surface area contributed by atoms with Crippen molar-refractivity contribution in [1.82, 2.24) is 0 Å². The van der Waals surface area contributed by atoms with E-state index in [1.807, 2.05) is 18.2 Å². The molecule has 2 aromatic carbocycles. The summed E-state index contributed by atoms with van der Waals surface area (Å²) < 4.78 is 0. The van der Waals surface area contributed by atoms with Crippen LogP contribution in [0.4, 0.5) is 5.69 Å². The fraction of sp³-hybridized carbons (Fsp3) is 0.250. The lowest BCUT2D eigenvalue weighted by molar-refractivity contribution is 0.611. The fourth-order valence-electron chi connectivity index (χ4n) is 2.66. The van der Waals surface area contributed by atoms with Gasteiger partial charge in [-0.1, -0.05) is 53.5 Å². The zero-order valence-electron chi connectivity index (χ0n) is 10.5. The van der Waals surface area contributed by atoms with Crippen molar-refractivity contribution in [3.8, 4) is 0 Å². The molecule has 0 radical (unpaired) electrons. The van der Waals surface area contributed by atoms with Crippen molar-refractivity contribution in [3.63, 3.8) is 0 Å². The van der Waals surface area contributed by atoms with Crippen molar-refractivity contribution in [2.24, 2.45) is 0 Å². The Morgan fingerprint density at radius 2 is 1.74 bits per heavy atom. The second-order valence-corrected chi connectivity index (χ2v) is 5.74. The lowest BCUT2D eigenvalue weighted by Crippen LogP contribution is -2.27. The van der Waals surface area contributed by atoms with Crippen LogP contribution in [0.15, 0.2) is 42.5 Å². The van der Waals surface area contributed by atoms with Crippen LogP contribution in [0.2, 0.25) is 10.0 Å². The summed E-state index contributed by atoms with van der Waals surface area (Å²) in [7, 11) is 0. The van der Waals surface area contributed by atoms with Gasteiger partial charge in [-0.25, -0.2) is 0 Å². The maximum atomic E-state index is 6.22. The molecule has 3 heteroatoms. The van der Waals surface area contributed by atoms with Crippen molar-refractivity contribution in [2.45, 2.75) is 25.3 Å². The average Bonchev–Trinajstić information content (AvgIpc) is 2.44. The van der Waals surface area contributed by atoms with Crippen molar-refractivity contribution in [2.75, 3.05) is 5.32 Å². The summed E-state index contributed by atoms with van der Waals surface area (Å²) in [6.07, 6.45) is 3.28. The Bertz CT molecular complexity index is 595. The van der Waals surface area contributed by atoms with Gasteiger partial charge in [0.15, 0.2) is 0 Å². The number of benzene rings is 2. The molecule has 1 aliphatic rings. The van der Waals surface area contributed by atoms with Gasteiger partial charge >= 0.3 is 0 Å². The number of anilines is 1. The molecule has 0 fully saturated rings. The molecule has 1 unspecified atom stereocenters. The van der Waals surface area contributed by atoms with E-state index < -0.39 is 0 Å². The minimum atomic E-state index is 0.422. The molecule has 0 saturated heterocycles. The molecule has 19 heavy (non-hydrogen) atoms. The first-order valence-electron chi connectivity index (χ1n) is 6.51. The Labute approximate surface area is 123 Å². The summed E-state index contributed by atoms with van der Waals surface area (Å²) in [5.74, 6) is 0. The number of hydrogen-bond acceptors (Lipinski definition) is 1. The van der Waals surface area contributed by atoms with Gasteiger partial charge in [0.25, 0.3) is 0 Å². The number of halogens is 2. The van der Waals surface area contributed by atoms with Gasteiger partial charge < -0.3 is 5.32 Å². The third-order valence-corrected chi connectivity index (χ3v) is 4.48. The fourth-order valence-corrected chi connectivity index (χ4v) is 3.01. The van der Waals surface area contributed by atoms with Gasteiger partial charge in [-0.05, 0) is 42.5 Å². The van der Waals surface area contributed by atoms with Crippen LogP contribution >= 0.6 is 23.2 Å². The molecule has 3 rings (SSSR count). The van der Waals surface area contributed by atoms with E-state index in [0.717, 1.165) is 24.9 Å². The molecule has 1 aliphatic carbocycles. The second kappa shape index (κ2) is 5.44. The monoisotopic (exact) mass is 291 g/mol. The van der Waals surface area contributed by atoms with Crippen molar-refractivity contribution < 1.29 is 0 Å². The lowest BCUT2D eigenvalue weighted by atomic mass is 9.88. The molecular weight excluding hydrogens is 277 g/mol. The molecule has 98 valence electrons. The van der Waals surface area contributed by atoms with Gasteiger partial charge in [0.2, 0.25) is 0 Å². The standard InChI is InChI=1S/C16H15Cl2N/c17-14-6-3-7-15(16(14)18)19-13-9-8-11-4-1-2-5-12(11)10-13/h1-7,13,19H,8-10H2. The Morgan fingerprint density at radius 1 is 0.947 bits per heavy atom. The number of aryl methyl sites for hydroxylation is 1. The molecule has 0 heterocycles. The van der Waals surface area contributed by atoms with Crippen molar-refractivity contribution in [3.05, 3.63) is 63.6 Å². The number of nitrogens with one attached hydrogen (secondary N) is 1. The molecule has 1 N–H and O–H groups in total. The van der Waals surface area contributed by atoms with E-state index in [0.29, 0.717) is 16.1 Å². The van der Waals surface area contributed by atoms with Gasteiger partial charge in [0.1, 0.15) is 0 Å². The maximum absolute atomic E-state index is 6.22. The quantitative estimate of drug-likeness (QED) is 0.824. The molecule has 1 nitrogen and oxygen atoms in total. The Kier molecular flexibility index (Phi) is 3.67. The highest BCUT2D eigenvalue weighted by molar-refractivity contribution is 6.43. The normalized spacial score (nSPS) is 17.9. The third kappa shape index (κ3) is 2.72. The van der Waals surface area contributed by atoms with Crippen LogP contribution in [-0.4, -0.2) is 6.04 Å². The van der Waals surface area contributed by atoms with Crippen molar-refractivity contribution in [1.29, 1.82) is 0 Å². The summed E-state index contributed by atoms with van der Waals surface area (Å²) in [5, 5.41) is 4.73.